The molecule has 0 bridgehead atoms. The SMILES string of the molecule is CCC(C(=O)Nc1cccc(NC(=O)COC)c1)c1ccccc1. The predicted molar refractivity (Wildman–Crippen MR) is 95.1 cm³/mol. The summed E-state index contributed by atoms with van der Waals surface area (Å²) < 4.78 is 4.78. The normalized spacial score (nSPS) is 11.6. The maximum Gasteiger partial charge on any atom is 0.250 e. The Hall–Kier alpha value is -2.66. The van der Waals surface area contributed by atoms with Crippen molar-refractivity contribution in [3.8, 4) is 0 Å². The van der Waals surface area contributed by atoms with Gasteiger partial charge in [-0.1, -0.05) is 43.3 Å². The molecule has 0 radical (unpaired) electrons. The van der Waals surface area contributed by atoms with Crippen LogP contribution in [0.3, 0.4) is 0 Å². The lowest BCUT2D eigenvalue weighted by molar-refractivity contribution is -0.119. The van der Waals surface area contributed by atoms with Gasteiger partial charge in [-0.15, -0.1) is 0 Å². The van der Waals surface area contributed by atoms with Crippen LogP contribution in [0, 0.1) is 0 Å². The summed E-state index contributed by atoms with van der Waals surface area (Å²) in [6.45, 7) is 1.97. The van der Waals surface area contributed by atoms with Crippen molar-refractivity contribution in [2.75, 3.05) is 24.4 Å². The average Bonchev–Trinajstić information content (AvgIpc) is 2.57. The van der Waals surface area contributed by atoms with Crippen molar-refractivity contribution in [1.82, 2.24) is 0 Å². The molecule has 0 spiro atoms. The van der Waals surface area contributed by atoms with Crippen molar-refractivity contribution in [2.24, 2.45) is 0 Å². The maximum absolute atomic E-state index is 12.6. The molecule has 1 unspecified atom stereocenters. The molecule has 1 atom stereocenters. The molecule has 2 rings (SSSR count). The first-order valence-corrected chi connectivity index (χ1v) is 7.88. The van der Waals surface area contributed by atoms with Gasteiger partial charge in [-0.2, -0.15) is 0 Å². The minimum absolute atomic E-state index is 0.0114. The summed E-state index contributed by atoms with van der Waals surface area (Å²) in [5.74, 6) is -0.515. The highest BCUT2D eigenvalue weighted by molar-refractivity contribution is 5.97. The zero-order valence-electron chi connectivity index (χ0n) is 13.9. The predicted octanol–water partition coefficient (Wildman–Crippen LogP) is 3.40. The Bertz CT molecular complexity index is 686. The van der Waals surface area contributed by atoms with Gasteiger partial charge in [-0.3, -0.25) is 9.59 Å². The Balaban J connectivity index is 2.07. The zero-order chi connectivity index (χ0) is 17.4. The number of hydrogen-bond acceptors (Lipinski definition) is 3. The van der Waals surface area contributed by atoms with Gasteiger partial charge in [0.2, 0.25) is 11.8 Å². The highest BCUT2D eigenvalue weighted by Crippen LogP contribution is 2.22. The molecule has 5 heteroatoms. The van der Waals surface area contributed by atoms with Gasteiger partial charge < -0.3 is 15.4 Å². The average molecular weight is 326 g/mol. The van der Waals surface area contributed by atoms with Crippen LogP contribution < -0.4 is 10.6 Å². The Morgan fingerprint density at radius 1 is 1.00 bits per heavy atom. The Morgan fingerprint density at radius 2 is 1.67 bits per heavy atom. The molecule has 0 aliphatic rings. The number of carbonyl (C=O) groups excluding carboxylic acids is 2. The number of rotatable bonds is 7. The lowest BCUT2D eigenvalue weighted by atomic mass is 9.95. The monoisotopic (exact) mass is 326 g/mol. The fourth-order valence-corrected chi connectivity index (χ4v) is 2.49. The fourth-order valence-electron chi connectivity index (χ4n) is 2.49. The molecule has 0 aromatic heterocycles. The second kappa shape index (κ2) is 8.84. The highest BCUT2D eigenvalue weighted by Gasteiger charge is 2.18. The minimum Gasteiger partial charge on any atom is -0.375 e. The molecule has 0 fully saturated rings. The van der Waals surface area contributed by atoms with Crippen LogP contribution in [0.2, 0.25) is 0 Å². The number of anilines is 2. The Labute approximate surface area is 142 Å². The van der Waals surface area contributed by atoms with Gasteiger partial charge in [0.15, 0.2) is 0 Å². The van der Waals surface area contributed by atoms with Crippen molar-refractivity contribution in [3.63, 3.8) is 0 Å². The van der Waals surface area contributed by atoms with Gasteiger partial charge in [0.1, 0.15) is 6.61 Å². The lowest BCUT2D eigenvalue weighted by Gasteiger charge is -2.16. The van der Waals surface area contributed by atoms with E-state index in [-0.39, 0.29) is 24.3 Å². The maximum atomic E-state index is 12.6. The molecule has 2 aromatic rings. The number of nitrogens with one attached hydrogen (secondary N) is 2. The third kappa shape index (κ3) is 4.93. The molecule has 2 aromatic carbocycles. The van der Waals surface area contributed by atoms with E-state index in [0.717, 1.165) is 5.56 Å². The van der Waals surface area contributed by atoms with E-state index < -0.39 is 0 Å². The van der Waals surface area contributed by atoms with Gasteiger partial charge in [0.05, 0.1) is 5.92 Å². The van der Waals surface area contributed by atoms with Crippen LogP contribution in [0.15, 0.2) is 54.6 Å². The van der Waals surface area contributed by atoms with E-state index in [0.29, 0.717) is 17.8 Å². The quantitative estimate of drug-likeness (QED) is 0.819. The zero-order valence-corrected chi connectivity index (χ0v) is 13.9. The van der Waals surface area contributed by atoms with Crippen LogP contribution in [0.4, 0.5) is 11.4 Å². The van der Waals surface area contributed by atoms with Crippen LogP contribution in [-0.4, -0.2) is 25.5 Å². The van der Waals surface area contributed by atoms with E-state index in [9.17, 15) is 9.59 Å². The summed E-state index contributed by atoms with van der Waals surface area (Å²) in [7, 11) is 1.46. The first kappa shape index (κ1) is 17.7. The molecule has 2 amide bonds. The smallest absolute Gasteiger partial charge is 0.250 e. The topological polar surface area (TPSA) is 67.4 Å². The van der Waals surface area contributed by atoms with E-state index >= 15 is 0 Å². The van der Waals surface area contributed by atoms with Crippen LogP contribution in [0.1, 0.15) is 24.8 Å². The second-order valence-corrected chi connectivity index (χ2v) is 5.42. The minimum atomic E-state index is -0.239. The summed E-state index contributed by atoms with van der Waals surface area (Å²) in [6.07, 6.45) is 0.708. The largest absolute Gasteiger partial charge is 0.375 e. The molecule has 5 nitrogen and oxygen atoms in total. The molecule has 0 aliphatic heterocycles. The Morgan fingerprint density at radius 3 is 2.29 bits per heavy atom. The molecule has 126 valence electrons. The fraction of sp³-hybridized carbons (Fsp3) is 0.263. The standard InChI is InChI=1S/C19H22N2O3/c1-3-17(14-8-5-4-6-9-14)19(23)21-16-11-7-10-15(12-16)20-18(22)13-24-2/h4-12,17H,3,13H2,1-2H3,(H,20,22)(H,21,23). The first-order valence-electron chi connectivity index (χ1n) is 7.88. The van der Waals surface area contributed by atoms with Crippen LogP contribution in [0.25, 0.3) is 0 Å². The summed E-state index contributed by atoms with van der Waals surface area (Å²) in [5.41, 5.74) is 2.24. The first-order chi connectivity index (χ1) is 11.6. The molecule has 0 aliphatic carbocycles. The van der Waals surface area contributed by atoms with E-state index in [1.807, 2.05) is 37.3 Å². The van der Waals surface area contributed by atoms with Crippen LogP contribution in [-0.2, 0) is 14.3 Å². The van der Waals surface area contributed by atoms with E-state index in [4.69, 9.17) is 4.74 Å². The number of benzene rings is 2. The Kier molecular flexibility index (Phi) is 6.51. The van der Waals surface area contributed by atoms with Gasteiger partial charge in [-0.05, 0) is 30.2 Å². The summed E-state index contributed by atoms with van der Waals surface area (Å²) in [4.78, 5) is 24.1. The number of carbonyl (C=O) groups is 2. The van der Waals surface area contributed by atoms with E-state index in [1.165, 1.54) is 7.11 Å². The van der Waals surface area contributed by atoms with Crippen molar-refractivity contribution >= 4 is 23.2 Å². The number of hydrogen-bond donors (Lipinski definition) is 2. The van der Waals surface area contributed by atoms with Gasteiger partial charge in [0.25, 0.3) is 0 Å². The van der Waals surface area contributed by atoms with Crippen LogP contribution in [0.5, 0.6) is 0 Å². The molecule has 0 heterocycles. The van der Waals surface area contributed by atoms with Gasteiger partial charge >= 0.3 is 0 Å². The molecular formula is C19H22N2O3. The van der Waals surface area contributed by atoms with Crippen molar-refractivity contribution in [3.05, 3.63) is 60.2 Å². The molecule has 2 N–H and O–H groups in total. The summed E-state index contributed by atoms with van der Waals surface area (Å²) in [6, 6.07) is 16.8. The summed E-state index contributed by atoms with van der Waals surface area (Å²) in [5, 5.41) is 5.63. The molecule has 0 saturated carbocycles. The second-order valence-electron chi connectivity index (χ2n) is 5.42. The van der Waals surface area contributed by atoms with Crippen LogP contribution >= 0.6 is 0 Å². The number of amides is 2. The molecule has 0 saturated heterocycles. The third-order valence-corrected chi connectivity index (χ3v) is 3.62. The van der Waals surface area contributed by atoms with Crippen molar-refractivity contribution in [1.29, 1.82) is 0 Å². The number of ether oxygens (including phenoxy) is 1. The number of methoxy groups -OCH3 is 1. The van der Waals surface area contributed by atoms with Crippen molar-refractivity contribution < 1.29 is 14.3 Å². The molecular weight excluding hydrogens is 304 g/mol. The lowest BCUT2D eigenvalue weighted by Crippen LogP contribution is -2.21. The van der Waals surface area contributed by atoms with E-state index in [1.54, 1.807) is 24.3 Å². The van der Waals surface area contributed by atoms with Crippen molar-refractivity contribution in [2.45, 2.75) is 19.3 Å². The van der Waals surface area contributed by atoms with Gasteiger partial charge in [-0.25, -0.2) is 0 Å². The third-order valence-electron chi connectivity index (χ3n) is 3.62. The molecule has 24 heavy (non-hydrogen) atoms. The summed E-state index contributed by atoms with van der Waals surface area (Å²) >= 11 is 0. The van der Waals surface area contributed by atoms with Gasteiger partial charge in [0, 0.05) is 18.5 Å². The highest BCUT2D eigenvalue weighted by atomic mass is 16.5. The van der Waals surface area contributed by atoms with E-state index in [2.05, 4.69) is 10.6 Å².